The predicted octanol–water partition coefficient (Wildman–Crippen LogP) is 5.79. The van der Waals surface area contributed by atoms with Crippen LogP contribution in [0.25, 0.3) is 0 Å². The second kappa shape index (κ2) is 9.13. The largest absolute Gasteiger partial charge is 0.462 e. The van der Waals surface area contributed by atoms with E-state index in [-0.39, 0.29) is 17.2 Å². The average Bonchev–Trinajstić information content (AvgIpc) is 3.10. The number of ether oxygens (including phenoxy) is 1. The molecule has 0 aliphatic carbocycles. The summed E-state index contributed by atoms with van der Waals surface area (Å²) in [6.45, 7) is 1.78. The summed E-state index contributed by atoms with van der Waals surface area (Å²) in [6.07, 6.45) is -4.17. The molecule has 0 radical (unpaired) electrons. The highest BCUT2D eigenvalue weighted by molar-refractivity contribution is 7.16. The van der Waals surface area contributed by atoms with Gasteiger partial charge < -0.3 is 10.1 Å². The maximum Gasteiger partial charge on any atom is 0.417 e. The van der Waals surface area contributed by atoms with Gasteiger partial charge in [-0.15, -0.1) is 11.3 Å². The summed E-state index contributed by atoms with van der Waals surface area (Å²) in [4.78, 5) is 25.7. The average molecular weight is 433 g/mol. The fraction of sp³-hybridized carbons (Fsp3) is 0.182. The number of anilines is 1. The molecule has 4 nitrogen and oxygen atoms in total. The summed E-state index contributed by atoms with van der Waals surface area (Å²) in [5.74, 6) is -1.59. The van der Waals surface area contributed by atoms with E-state index >= 15 is 0 Å². The Bertz CT molecular complexity index is 1050. The van der Waals surface area contributed by atoms with Gasteiger partial charge in [0.05, 0.1) is 23.3 Å². The van der Waals surface area contributed by atoms with Gasteiger partial charge in [-0.1, -0.05) is 42.5 Å². The molecule has 0 bridgehead atoms. The minimum Gasteiger partial charge on any atom is -0.462 e. The second-order valence-corrected chi connectivity index (χ2v) is 7.47. The first kappa shape index (κ1) is 21.6. The molecule has 3 aromatic rings. The summed E-state index contributed by atoms with van der Waals surface area (Å²) >= 11 is 1.13. The first-order valence-corrected chi connectivity index (χ1v) is 9.92. The Labute approximate surface area is 175 Å². The quantitative estimate of drug-likeness (QED) is 0.501. The lowest BCUT2D eigenvalue weighted by Gasteiger charge is -2.12. The van der Waals surface area contributed by atoms with Gasteiger partial charge in [0, 0.05) is 11.3 Å². The molecule has 0 fully saturated rings. The number of benzene rings is 2. The smallest absolute Gasteiger partial charge is 0.417 e. The standard InChI is InChI=1S/C22H18F3NO3S/c1-2-29-21(28)17-13-15(12-14-8-4-3-5-9-14)30-20(17)26-19(27)16-10-6-7-11-18(16)22(23,24)25/h3-11,13H,2,12H2,1H3,(H,26,27). The minimum atomic E-state index is -4.67. The van der Waals surface area contributed by atoms with Crippen molar-refractivity contribution in [1.29, 1.82) is 0 Å². The first-order valence-electron chi connectivity index (χ1n) is 9.11. The highest BCUT2D eigenvalue weighted by Gasteiger charge is 2.35. The van der Waals surface area contributed by atoms with Crippen LogP contribution in [0, 0.1) is 0 Å². The maximum atomic E-state index is 13.3. The Kier molecular flexibility index (Phi) is 6.56. The highest BCUT2D eigenvalue weighted by atomic mass is 32.1. The van der Waals surface area contributed by atoms with Crippen LogP contribution in [-0.2, 0) is 17.3 Å². The van der Waals surface area contributed by atoms with Crippen LogP contribution in [0.5, 0.6) is 0 Å². The molecule has 0 aliphatic rings. The van der Waals surface area contributed by atoms with Crippen molar-refractivity contribution >= 4 is 28.2 Å². The summed E-state index contributed by atoms with van der Waals surface area (Å²) in [5, 5.41) is 2.62. The van der Waals surface area contributed by atoms with Gasteiger partial charge in [0.2, 0.25) is 0 Å². The molecular weight excluding hydrogens is 415 g/mol. The molecule has 0 saturated carbocycles. The number of halogens is 3. The van der Waals surface area contributed by atoms with Crippen LogP contribution >= 0.6 is 11.3 Å². The second-order valence-electron chi connectivity index (χ2n) is 6.34. The van der Waals surface area contributed by atoms with E-state index < -0.39 is 29.2 Å². The van der Waals surface area contributed by atoms with Crippen molar-refractivity contribution in [3.63, 3.8) is 0 Å². The zero-order valence-corrected chi connectivity index (χ0v) is 16.8. The Morgan fingerprint density at radius 1 is 1.00 bits per heavy atom. The van der Waals surface area contributed by atoms with Crippen molar-refractivity contribution in [2.45, 2.75) is 19.5 Å². The molecule has 1 amide bonds. The van der Waals surface area contributed by atoms with E-state index in [1.807, 2.05) is 30.3 Å². The van der Waals surface area contributed by atoms with E-state index in [1.54, 1.807) is 13.0 Å². The number of hydrogen-bond donors (Lipinski definition) is 1. The summed E-state index contributed by atoms with van der Waals surface area (Å²) in [7, 11) is 0. The van der Waals surface area contributed by atoms with E-state index in [2.05, 4.69) is 5.32 Å². The topological polar surface area (TPSA) is 55.4 Å². The molecule has 3 rings (SSSR count). The third-order valence-electron chi connectivity index (χ3n) is 4.20. The molecule has 156 valence electrons. The van der Waals surface area contributed by atoms with Crippen molar-refractivity contribution in [1.82, 2.24) is 0 Å². The van der Waals surface area contributed by atoms with Crippen LogP contribution in [-0.4, -0.2) is 18.5 Å². The molecule has 8 heteroatoms. The van der Waals surface area contributed by atoms with Gasteiger partial charge in [-0.25, -0.2) is 4.79 Å². The number of esters is 1. The molecule has 0 unspecified atom stereocenters. The molecule has 0 spiro atoms. The molecule has 2 aromatic carbocycles. The van der Waals surface area contributed by atoms with Gasteiger partial charge in [0.25, 0.3) is 5.91 Å². The van der Waals surface area contributed by atoms with Crippen LogP contribution < -0.4 is 5.32 Å². The lowest BCUT2D eigenvalue weighted by molar-refractivity contribution is -0.137. The normalized spacial score (nSPS) is 11.2. The zero-order valence-electron chi connectivity index (χ0n) is 16.0. The molecule has 1 N–H and O–H groups in total. The van der Waals surface area contributed by atoms with Gasteiger partial charge in [-0.3, -0.25) is 4.79 Å². The fourth-order valence-electron chi connectivity index (χ4n) is 2.88. The van der Waals surface area contributed by atoms with Crippen molar-refractivity contribution in [3.05, 3.63) is 87.8 Å². The van der Waals surface area contributed by atoms with E-state index in [4.69, 9.17) is 4.74 Å². The van der Waals surface area contributed by atoms with Crippen LogP contribution in [0.2, 0.25) is 0 Å². The number of hydrogen-bond acceptors (Lipinski definition) is 4. The summed E-state index contributed by atoms with van der Waals surface area (Å²) < 4.78 is 44.8. The van der Waals surface area contributed by atoms with Crippen LogP contribution in [0.4, 0.5) is 18.2 Å². The van der Waals surface area contributed by atoms with Crippen LogP contribution in [0.3, 0.4) is 0 Å². The monoisotopic (exact) mass is 433 g/mol. The molecule has 1 aromatic heterocycles. The number of alkyl halides is 3. The maximum absolute atomic E-state index is 13.3. The summed E-state index contributed by atoms with van der Waals surface area (Å²) in [6, 6.07) is 15.6. The third kappa shape index (κ3) is 5.07. The van der Waals surface area contributed by atoms with Gasteiger partial charge in [0.1, 0.15) is 5.00 Å². The predicted molar refractivity (Wildman–Crippen MR) is 109 cm³/mol. The fourth-order valence-corrected chi connectivity index (χ4v) is 3.95. The zero-order chi connectivity index (χ0) is 21.7. The SMILES string of the molecule is CCOC(=O)c1cc(Cc2ccccc2)sc1NC(=O)c1ccccc1C(F)(F)F. The molecule has 30 heavy (non-hydrogen) atoms. The molecular formula is C22H18F3NO3S. The number of nitrogens with one attached hydrogen (secondary N) is 1. The first-order chi connectivity index (χ1) is 14.3. The Hall–Kier alpha value is -3.13. The number of carbonyl (C=O) groups is 2. The van der Waals surface area contributed by atoms with Crippen molar-refractivity contribution in [2.75, 3.05) is 11.9 Å². The Morgan fingerprint density at radius 2 is 1.67 bits per heavy atom. The third-order valence-corrected chi connectivity index (χ3v) is 5.25. The summed E-state index contributed by atoms with van der Waals surface area (Å²) in [5.41, 5.74) is -0.445. The van der Waals surface area contributed by atoms with E-state index in [9.17, 15) is 22.8 Å². The minimum absolute atomic E-state index is 0.116. The Morgan fingerprint density at radius 3 is 2.33 bits per heavy atom. The lowest BCUT2D eigenvalue weighted by Crippen LogP contribution is -2.19. The van der Waals surface area contributed by atoms with Crippen LogP contribution in [0.1, 0.15) is 43.6 Å². The lowest BCUT2D eigenvalue weighted by atomic mass is 10.1. The molecule has 0 atom stereocenters. The van der Waals surface area contributed by atoms with E-state index in [0.29, 0.717) is 6.42 Å². The van der Waals surface area contributed by atoms with E-state index in [0.717, 1.165) is 33.9 Å². The van der Waals surface area contributed by atoms with Gasteiger partial charge >= 0.3 is 12.1 Å². The molecule has 0 aliphatic heterocycles. The highest BCUT2D eigenvalue weighted by Crippen LogP contribution is 2.34. The number of carbonyl (C=O) groups excluding carboxylic acids is 2. The van der Waals surface area contributed by atoms with Gasteiger partial charge in [-0.2, -0.15) is 13.2 Å². The molecule has 0 saturated heterocycles. The number of rotatable bonds is 6. The van der Waals surface area contributed by atoms with Crippen molar-refractivity contribution < 1.29 is 27.5 Å². The number of amides is 1. The van der Waals surface area contributed by atoms with Crippen molar-refractivity contribution in [2.24, 2.45) is 0 Å². The van der Waals surface area contributed by atoms with Crippen LogP contribution in [0.15, 0.2) is 60.7 Å². The number of thiophene rings is 1. The van der Waals surface area contributed by atoms with Crippen molar-refractivity contribution in [3.8, 4) is 0 Å². The molecule has 1 heterocycles. The van der Waals surface area contributed by atoms with E-state index in [1.165, 1.54) is 12.1 Å². The van der Waals surface area contributed by atoms with Gasteiger partial charge in [-0.05, 0) is 30.7 Å². The van der Waals surface area contributed by atoms with Gasteiger partial charge in [0.15, 0.2) is 0 Å². The Balaban J connectivity index is 1.93.